The Labute approximate surface area is 108 Å². The van der Waals surface area contributed by atoms with E-state index >= 15 is 0 Å². The molecular formula is C12H20O5S. The molecule has 0 heterocycles. The van der Waals surface area contributed by atoms with Gasteiger partial charge < -0.3 is 10.2 Å². The molecule has 5 nitrogen and oxygen atoms in total. The van der Waals surface area contributed by atoms with Gasteiger partial charge in [-0.1, -0.05) is 31.5 Å². The minimum atomic E-state index is -4.02. The van der Waals surface area contributed by atoms with Crippen LogP contribution in [-0.2, 0) is 10.1 Å². The lowest BCUT2D eigenvalue weighted by atomic mass is 9.97. The summed E-state index contributed by atoms with van der Waals surface area (Å²) in [5, 5.41) is 16.9. The second-order valence-electron chi connectivity index (χ2n) is 4.77. The molecule has 0 spiro atoms. The summed E-state index contributed by atoms with van der Waals surface area (Å²) in [7, 11) is -4.02. The van der Waals surface area contributed by atoms with Gasteiger partial charge in [0.2, 0.25) is 0 Å². The Hall–Kier alpha value is -0.950. The summed E-state index contributed by atoms with van der Waals surface area (Å²) in [6.07, 6.45) is 0. The molecule has 0 atom stereocenters. The highest BCUT2D eigenvalue weighted by atomic mass is 32.2. The Morgan fingerprint density at radius 1 is 1.06 bits per heavy atom. The van der Waals surface area contributed by atoms with Gasteiger partial charge in [0.1, 0.15) is 0 Å². The predicted octanol–water partition coefficient (Wildman–Crippen LogP) is 1.24. The minimum Gasteiger partial charge on any atom is -0.396 e. The minimum absolute atomic E-state index is 0.0451. The fourth-order valence-electron chi connectivity index (χ4n) is 0.760. The molecule has 0 aliphatic rings. The molecule has 0 amide bonds. The van der Waals surface area contributed by atoms with Gasteiger partial charge in [-0.25, -0.2) is 0 Å². The van der Waals surface area contributed by atoms with Crippen LogP contribution in [0.4, 0.5) is 0 Å². The van der Waals surface area contributed by atoms with Crippen LogP contribution >= 0.6 is 0 Å². The van der Waals surface area contributed by atoms with Crippen LogP contribution in [0.5, 0.6) is 0 Å². The number of aliphatic hydroxyl groups is 2. The van der Waals surface area contributed by atoms with E-state index in [1.54, 1.807) is 26.0 Å². The Morgan fingerprint density at radius 3 is 1.67 bits per heavy atom. The van der Waals surface area contributed by atoms with Gasteiger partial charge >= 0.3 is 0 Å². The molecule has 0 aliphatic heterocycles. The Balaban J connectivity index is 0.000000360. The lowest BCUT2D eigenvalue weighted by Crippen LogP contribution is -2.20. The van der Waals surface area contributed by atoms with Gasteiger partial charge in [0, 0.05) is 5.41 Å². The van der Waals surface area contributed by atoms with Gasteiger partial charge in [-0.2, -0.15) is 8.42 Å². The normalized spacial score (nSPS) is 11.7. The van der Waals surface area contributed by atoms with Crippen LogP contribution in [0, 0.1) is 12.3 Å². The maximum Gasteiger partial charge on any atom is 0.294 e. The molecule has 18 heavy (non-hydrogen) atoms. The van der Waals surface area contributed by atoms with Crippen molar-refractivity contribution < 1.29 is 23.2 Å². The van der Waals surface area contributed by atoms with Gasteiger partial charge in [0.15, 0.2) is 0 Å². The first kappa shape index (κ1) is 17.1. The van der Waals surface area contributed by atoms with Crippen molar-refractivity contribution >= 4 is 10.1 Å². The maximum absolute atomic E-state index is 10.5. The van der Waals surface area contributed by atoms with E-state index in [1.165, 1.54) is 12.1 Å². The van der Waals surface area contributed by atoms with E-state index in [1.807, 2.05) is 6.92 Å². The van der Waals surface area contributed by atoms with E-state index in [-0.39, 0.29) is 23.5 Å². The van der Waals surface area contributed by atoms with Crippen molar-refractivity contribution in [3.63, 3.8) is 0 Å². The molecule has 0 bridgehead atoms. The van der Waals surface area contributed by atoms with Gasteiger partial charge in [-0.05, 0) is 19.1 Å². The molecule has 1 aromatic carbocycles. The zero-order valence-electron chi connectivity index (χ0n) is 10.8. The van der Waals surface area contributed by atoms with Gasteiger partial charge in [0.25, 0.3) is 10.1 Å². The number of aliphatic hydroxyl groups excluding tert-OH is 2. The van der Waals surface area contributed by atoms with Crippen molar-refractivity contribution in [1.82, 2.24) is 0 Å². The highest BCUT2D eigenvalue weighted by Gasteiger charge is 2.13. The molecule has 3 N–H and O–H groups in total. The smallest absolute Gasteiger partial charge is 0.294 e. The first-order valence-electron chi connectivity index (χ1n) is 5.38. The summed E-state index contributed by atoms with van der Waals surface area (Å²) in [5.74, 6) is 0. The summed E-state index contributed by atoms with van der Waals surface area (Å²) in [6.45, 7) is 5.53. The largest absolute Gasteiger partial charge is 0.396 e. The summed E-state index contributed by atoms with van der Waals surface area (Å²) in [5.41, 5.74) is 0.650. The second kappa shape index (κ2) is 6.84. The number of benzene rings is 1. The lowest BCUT2D eigenvalue weighted by Gasteiger charge is -2.16. The molecule has 0 fully saturated rings. The van der Waals surface area contributed by atoms with Crippen molar-refractivity contribution in [2.24, 2.45) is 5.41 Å². The predicted molar refractivity (Wildman–Crippen MR) is 68.9 cm³/mol. The average molecular weight is 276 g/mol. The summed E-state index contributed by atoms with van der Waals surface area (Å²) >= 11 is 0. The van der Waals surface area contributed by atoms with Crippen LogP contribution in [0.15, 0.2) is 29.2 Å². The standard InChI is InChI=1S/C7H8O3S.C5H12O2/c1-6-2-4-7(5-3-6)11(8,9)10;1-5(2,3-6)4-7/h2-5H,1H3,(H,8,9,10);6-7H,3-4H2,1-2H3. The molecule has 0 saturated carbocycles. The Bertz CT molecular complexity index is 442. The molecular weight excluding hydrogens is 256 g/mol. The number of hydrogen-bond acceptors (Lipinski definition) is 4. The second-order valence-corrected chi connectivity index (χ2v) is 6.19. The van der Waals surface area contributed by atoms with Crippen LogP contribution in [-0.4, -0.2) is 36.4 Å². The van der Waals surface area contributed by atoms with Crippen molar-refractivity contribution in [1.29, 1.82) is 0 Å². The van der Waals surface area contributed by atoms with E-state index in [0.717, 1.165) is 5.56 Å². The number of aryl methyl sites for hydroxylation is 1. The third-order valence-corrected chi connectivity index (χ3v) is 3.04. The third-order valence-electron chi connectivity index (χ3n) is 2.17. The first-order valence-corrected chi connectivity index (χ1v) is 6.82. The quantitative estimate of drug-likeness (QED) is 0.722. The van der Waals surface area contributed by atoms with Gasteiger partial charge in [0.05, 0.1) is 18.1 Å². The molecule has 1 rings (SSSR count). The molecule has 0 saturated heterocycles. The lowest BCUT2D eigenvalue weighted by molar-refractivity contribution is 0.0857. The first-order chi connectivity index (χ1) is 8.12. The molecule has 0 aliphatic carbocycles. The highest BCUT2D eigenvalue weighted by Crippen LogP contribution is 2.10. The van der Waals surface area contributed by atoms with Crippen molar-refractivity contribution in [3.8, 4) is 0 Å². The van der Waals surface area contributed by atoms with Crippen LogP contribution in [0.1, 0.15) is 19.4 Å². The van der Waals surface area contributed by atoms with Crippen molar-refractivity contribution in [3.05, 3.63) is 29.8 Å². The third kappa shape index (κ3) is 6.70. The monoisotopic (exact) mass is 276 g/mol. The van der Waals surface area contributed by atoms with Crippen LogP contribution in [0.25, 0.3) is 0 Å². The van der Waals surface area contributed by atoms with Crippen molar-refractivity contribution in [2.75, 3.05) is 13.2 Å². The zero-order chi connectivity index (χ0) is 14.4. The van der Waals surface area contributed by atoms with Crippen LogP contribution < -0.4 is 0 Å². The maximum atomic E-state index is 10.5. The molecule has 0 unspecified atom stereocenters. The molecule has 0 radical (unpaired) electrons. The SMILES string of the molecule is CC(C)(CO)CO.Cc1ccc(S(=O)(=O)O)cc1. The molecule has 104 valence electrons. The number of hydrogen-bond donors (Lipinski definition) is 3. The topological polar surface area (TPSA) is 94.8 Å². The molecule has 1 aromatic rings. The van der Waals surface area contributed by atoms with Crippen LogP contribution in [0.2, 0.25) is 0 Å². The van der Waals surface area contributed by atoms with Gasteiger partial charge in [-0.15, -0.1) is 0 Å². The number of rotatable bonds is 3. The van der Waals surface area contributed by atoms with Gasteiger partial charge in [-0.3, -0.25) is 4.55 Å². The van der Waals surface area contributed by atoms with Crippen LogP contribution in [0.3, 0.4) is 0 Å². The molecule has 6 heteroatoms. The summed E-state index contributed by atoms with van der Waals surface area (Å²) < 4.78 is 29.6. The fourth-order valence-corrected chi connectivity index (χ4v) is 1.24. The summed E-state index contributed by atoms with van der Waals surface area (Å²) in [4.78, 5) is -0.0666. The van der Waals surface area contributed by atoms with Crippen molar-refractivity contribution in [2.45, 2.75) is 25.7 Å². The highest BCUT2D eigenvalue weighted by molar-refractivity contribution is 7.85. The Kier molecular flexibility index (Phi) is 6.48. The van der Waals surface area contributed by atoms with E-state index < -0.39 is 10.1 Å². The van der Waals surface area contributed by atoms with E-state index in [9.17, 15) is 8.42 Å². The van der Waals surface area contributed by atoms with E-state index in [4.69, 9.17) is 14.8 Å². The summed E-state index contributed by atoms with van der Waals surface area (Å²) in [6, 6.07) is 5.99. The van der Waals surface area contributed by atoms with E-state index in [0.29, 0.717) is 0 Å². The molecule has 0 aromatic heterocycles. The Morgan fingerprint density at radius 2 is 1.44 bits per heavy atom. The fraction of sp³-hybridized carbons (Fsp3) is 0.500. The van der Waals surface area contributed by atoms with E-state index in [2.05, 4.69) is 0 Å². The zero-order valence-corrected chi connectivity index (χ0v) is 11.6. The average Bonchev–Trinajstić information content (AvgIpc) is 2.29.